The summed E-state index contributed by atoms with van der Waals surface area (Å²) in [7, 11) is 0. The first kappa shape index (κ1) is 42.8. The van der Waals surface area contributed by atoms with E-state index >= 15 is 0 Å². The molecule has 12 heteroatoms. The molecular formula is C8H30N4O8. The molecule has 0 aromatic carbocycles. The molecule has 0 aliphatic heterocycles. The van der Waals surface area contributed by atoms with Crippen LogP contribution in [0.25, 0.3) is 0 Å². The smallest absolute Gasteiger partial charge is 0.124 e. The molecule has 12 nitrogen and oxygen atoms in total. The number of carboxylic acids is 2. The molecule has 0 bridgehead atoms. The molecular weight excluding hydrogens is 280 g/mol. The molecule has 0 rings (SSSR count). The normalized spacial score (nSPS) is 9.70. The second-order valence-electron chi connectivity index (χ2n) is 2.11. The number of hydrogen-bond acceptors (Lipinski definition) is 8. The first-order chi connectivity index (χ1) is 7.29. The molecule has 0 saturated carbocycles. The lowest BCUT2D eigenvalue weighted by molar-refractivity contribution is -0.362. The van der Waals surface area contributed by atoms with E-state index < -0.39 is 24.1 Å². The lowest BCUT2D eigenvalue weighted by Crippen LogP contribution is -2.51. The van der Waals surface area contributed by atoms with E-state index in [1.807, 2.05) is 0 Å². The zero-order valence-electron chi connectivity index (χ0n) is 12.9. The van der Waals surface area contributed by atoms with E-state index in [-0.39, 0.29) is 37.8 Å². The number of aliphatic hydroxyl groups excluding tert-OH is 2. The van der Waals surface area contributed by atoms with Crippen molar-refractivity contribution >= 4 is 11.9 Å². The quantitative estimate of drug-likeness (QED) is 0.293. The summed E-state index contributed by atoms with van der Waals surface area (Å²) in [6.07, 6.45) is -4.88. The molecule has 0 amide bonds. The molecule has 20 heavy (non-hydrogen) atoms. The van der Waals surface area contributed by atoms with Gasteiger partial charge in [0.05, 0.1) is 11.9 Å². The van der Waals surface area contributed by atoms with Crippen LogP contribution in [0.2, 0.25) is 0 Å². The Bertz CT molecular complexity index is 175. The molecule has 0 aliphatic carbocycles. The van der Waals surface area contributed by atoms with E-state index in [2.05, 4.69) is 0 Å². The minimum Gasteiger partial charge on any atom is -0.855 e. The fourth-order valence-electron chi connectivity index (χ4n) is 0.258. The van der Waals surface area contributed by atoms with Crippen LogP contribution in [0.1, 0.15) is 13.8 Å². The number of quaternary nitrogens is 4. The molecule has 0 fully saturated rings. The third-order valence-electron chi connectivity index (χ3n) is 0.782. The molecule has 130 valence electrons. The first-order valence-electron chi connectivity index (χ1n) is 4.24. The van der Waals surface area contributed by atoms with Gasteiger partial charge in [-0.1, -0.05) is 13.8 Å². The maximum atomic E-state index is 9.63. The van der Waals surface area contributed by atoms with Crippen molar-refractivity contribution in [3.05, 3.63) is 0 Å². The molecule has 18 N–H and O–H groups in total. The topological polar surface area (TPSA) is 313 Å². The van der Waals surface area contributed by atoms with Gasteiger partial charge < -0.3 is 64.8 Å². The second kappa shape index (κ2) is 30.6. The van der Waals surface area contributed by atoms with Gasteiger partial charge in [-0.25, -0.2) is 0 Å². The van der Waals surface area contributed by atoms with Gasteiger partial charge in [-0.3, -0.25) is 0 Å². The van der Waals surface area contributed by atoms with Crippen LogP contribution in [-0.2, 0) is 9.59 Å². The fourth-order valence-corrected chi connectivity index (χ4v) is 0.258. The minimum absolute atomic E-state index is 0. The van der Waals surface area contributed by atoms with Gasteiger partial charge in [-0.2, -0.15) is 0 Å². The Morgan fingerprint density at radius 1 is 0.800 bits per heavy atom. The van der Waals surface area contributed by atoms with Crippen molar-refractivity contribution in [2.45, 2.75) is 26.1 Å². The predicted molar refractivity (Wildman–Crippen MR) is 67.0 cm³/mol. The van der Waals surface area contributed by atoms with Crippen molar-refractivity contribution in [2.24, 2.45) is 0 Å². The third kappa shape index (κ3) is 36.0. The number of carbonyl (C=O) groups is 2. The molecule has 2 unspecified atom stereocenters. The van der Waals surface area contributed by atoms with Crippen LogP contribution in [0.4, 0.5) is 0 Å². The zero-order chi connectivity index (χ0) is 13.7. The highest BCUT2D eigenvalue weighted by Crippen LogP contribution is 1.88. The Hall–Kier alpha value is -1.38. The average molecular weight is 310 g/mol. The average Bonchev–Trinajstić information content (AvgIpc) is 2.17. The van der Waals surface area contributed by atoms with E-state index in [1.165, 1.54) is 0 Å². The van der Waals surface area contributed by atoms with Crippen molar-refractivity contribution in [1.29, 1.82) is 0 Å². The maximum absolute atomic E-state index is 9.63. The maximum Gasteiger partial charge on any atom is 0.124 e. The van der Waals surface area contributed by atoms with Crippen LogP contribution in [0.15, 0.2) is 0 Å². The van der Waals surface area contributed by atoms with Crippen LogP contribution in [0.5, 0.6) is 0 Å². The van der Waals surface area contributed by atoms with E-state index in [0.29, 0.717) is 0 Å². The summed E-state index contributed by atoms with van der Waals surface area (Å²) < 4.78 is 0. The number of hydrogen-bond donors (Lipinski definition) is 6. The van der Waals surface area contributed by atoms with Crippen molar-refractivity contribution in [3.8, 4) is 0 Å². The molecule has 0 saturated heterocycles. The lowest BCUT2D eigenvalue weighted by Gasteiger charge is -2.18. The van der Waals surface area contributed by atoms with E-state index in [1.54, 1.807) is 13.8 Å². The Morgan fingerprint density at radius 2 is 0.900 bits per heavy atom. The lowest BCUT2D eigenvalue weighted by atomic mass is 10.2. The van der Waals surface area contributed by atoms with E-state index in [0.717, 1.165) is 0 Å². The number of carboxylic acid groups (broad SMARTS) is 2. The number of aliphatic hydroxyl groups is 2. The molecule has 0 heterocycles. The van der Waals surface area contributed by atoms with Crippen LogP contribution >= 0.6 is 0 Å². The van der Waals surface area contributed by atoms with Gasteiger partial charge in [0.15, 0.2) is 0 Å². The van der Waals surface area contributed by atoms with Gasteiger partial charge in [0.1, 0.15) is 12.2 Å². The highest BCUT2D eigenvalue weighted by atomic mass is 16.4. The highest BCUT2D eigenvalue weighted by Gasteiger charge is 2.17. The summed E-state index contributed by atoms with van der Waals surface area (Å²) in [6.45, 7) is 3.14. The van der Waals surface area contributed by atoms with Crippen LogP contribution < -0.4 is 45.0 Å². The first-order valence-corrected chi connectivity index (χ1v) is 4.24. The highest BCUT2D eigenvalue weighted by molar-refractivity contribution is 5.80. The van der Waals surface area contributed by atoms with Gasteiger partial charge in [-0.05, 0) is 0 Å². The Kier molecular flexibility index (Phi) is 65.4. The Labute approximate surface area is 117 Å². The summed E-state index contributed by atoms with van der Waals surface area (Å²) in [5, 5.41) is 53.6. The SMILES string of the molecule is CC[O-].CC[O-].O=C([O-])C(O)C(O)C(=O)[O-].[NH4+].[NH4+].[NH4+].[NH4+]. The number of carbonyl (C=O) groups excluding carboxylic acids is 2. The van der Waals surface area contributed by atoms with Gasteiger partial charge in [0.2, 0.25) is 0 Å². The van der Waals surface area contributed by atoms with Gasteiger partial charge >= 0.3 is 0 Å². The fraction of sp³-hybridized carbons (Fsp3) is 0.750. The molecule has 0 aliphatic rings. The Morgan fingerprint density at radius 3 is 0.950 bits per heavy atom. The van der Waals surface area contributed by atoms with Crippen molar-refractivity contribution in [1.82, 2.24) is 24.6 Å². The molecule has 0 radical (unpaired) electrons. The molecule has 0 spiro atoms. The molecule has 0 aromatic rings. The standard InChI is InChI=1S/C4H6O6.2C2H5O.4H3N/c5-1(3(7)8)2(6)4(9)10;2*1-2-3;;;;/h1-2,5-6H,(H,7,8)(H,9,10);2*2H2,1H3;4*1H3/q;2*-1;;;;/p+2. The van der Waals surface area contributed by atoms with Crippen LogP contribution in [0.3, 0.4) is 0 Å². The summed E-state index contributed by atoms with van der Waals surface area (Å²) >= 11 is 0. The van der Waals surface area contributed by atoms with Crippen LogP contribution in [-0.4, -0.2) is 47.6 Å². The van der Waals surface area contributed by atoms with Gasteiger partial charge in [-0.15, -0.1) is 13.2 Å². The van der Waals surface area contributed by atoms with Crippen molar-refractivity contribution in [2.75, 3.05) is 13.2 Å². The zero-order valence-corrected chi connectivity index (χ0v) is 12.9. The van der Waals surface area contributed by atoms with Crippen molar-refractivity contribution in [3.63, 3.8) is 0 Å². The number of rotatable bonds is 3. The monoisotopic (exact) mass is 310 g/mol. The number of aliphatic carboxylic acids is 2. The molecule has 0 aromatic heterocycles. The second-order valence-corrected chi connectivity index (χ2v) is 2.11. The van der Waals surface area contributed by atoms with Crippen molar-refractivity contribution < 1.29 is 40.2 Å². The predicted octanol–water partition coefficient (Wildman–Crippen LogP) is -4.55. The summed E-state index contributed by atoms with van der Waals surface area (Å²) in [4.78, 5) is 19.3. The van der Waals surface area contributed by atoms with Gasteiger partial charge in [0, 0.05) is 0 Å². The van der Waals surface area contributed by atoms with Gasteiger partial charge in [0.25, 0.3) is 0 Å². The Balaban J connectivity index is -0.0000000295. The third-order valence-corrected chi connectivity index (χ3v) is 0.782. The minimum atomic E-state index is -2.44. The van der Waals surface area contributed by atoms with Crippen LogP contribution in [0, 0.1) is 0 Å². The largest absolute Gasteiger partial charge is 0.855 e. The summed E-state index contributed by atoms with van der Waals surface area (Å²) in [6, 6.07) is 0. The van der Waals surface area contributed by atoms with E-state index in [4.69, 9.17) is 20.4 Å². The summed E-state index contributed by atoms with van der Waals surface area (Å²) in [5.74, 6) is -4.12. The van der Waals surface area contributed by atoms with E-state index in [9.17, 15) is 19.8 Å². The summed E-state index contributed by atoms with van der Waals surface area (Å²) in [5.41, 5.74) is 0. The molecule has 2 atom stereocenters.